The Hall–Kier alpha value is -2.96. The predicted octanol–water partition coefficient (Wildman–Crippen LogP) is 4.32. The number of rotatable bonds is 6. The van der Waals surface area contributed by atoms with Crippen molar-refractivity contribution in [3.05, 3.63) is 41.6 Å². The van der Waals surface area contributed by atoms with Crippen molar-refractivity contribution < 1.29 is 13.9 Å². The van der Waals surface area contributed by atoms with Gasteiger partial charge in [0.1, 0.15) is 35.1 Å². The van der Waals surface area contributed by atoms with Crippen molar-refractivity contribution in [2.45, 2.75) is 38.5 Å². The van der Waals surface area contributed by atoms with Crippen LogP contribution in [0.3, 0.4) is 0 Å². The van der Waals surface area contributed by atoms with Crippen LogP contribution < -0.4 is 10.1 Å². The molecule has 1 saturated carbocycles. The molecule has 0 spiro atoms. The Bertz CT molecular complexity index is 1090. The summed E-state index contributed by atoms with van der Waals surface area (Å²) in [6.07, 6.45) is 6.97. The second-order valence-electron chi connectivity index (χ2n) is 8.05. The van der Waals surface area contributed by atoms with Gasteiger partial charge in [-0.05, 0) is 55.7 Å². The van der Waals surface area contributed by atoms with Gasteiger partial charge in [0.2, 0.25) is 0 Å². The number of aryl methyl sites for hydroxylation is 1. The van der Waals surface area contributed by atoms with Crippen LogP contribution in [0.4, 0.5) is 15.9 Å². The molecule has 29 heavy (non-hydrogen) atoms. The number of aromatic nitrogens is 3. The molecule has 2 N–H and O–H groups in total. The van der Waals surface area contributed by atoms with Crippen LogP contribution in [-0.4, -0.2) is 27.8 Å². The summed E-state index contributed by atoms with van der Waals surface area (Å²) in [4.78, 5) is 24.9. The van der Waals surface area contributed by atoms with E-state index in [1.807, 2.05) is 0 Å². The van der Waals surface area contributed by atoms with E-state index in [4.69, 9.17) is 4.74 Å². The number of fused-ring (bicyclic) bond motifs is 3. The second-order valence-corrected chi connectivity index (χ2v) is 8.05. The Balaban J connectivity index is 1.51. The van der Waals surface area contributed by atoms with Gasteiger partial charge in [-0.1, -0.05) is 0 Å². The lowest BCUT2D eigenvalue weighted by molar-refractivity contribution is -0.123. The summed E-state index contributed by atoms with van der Waals surface area (Å²) in [7, 11) is 1.54. The number of ether oxygens (including phenoxy) is 1. The van der Waals surface area contributed by atoms with Crippen molar-refractivity contribution >= 4 is 28.3 Å². The number of carbonyl (C=O) groups excluding carboxylic acids is 1. The molecule has 0 bridgehead atoms. The fourth-order valence-electron chi connectivity index (χ4n) is 4.29. The zero-order valence-corrected chi connectivity index (χ0v) is 16.3. The van der Waals surface area contributed by atoms with Crippen LogP contribution >= 0.6 is 0 Å². The maximum atomic E-state index is 13.8. The molecule has 0 saturated heterocycles. The van der Waals surface area contributed by atoms with Gasteiger partial charge in [-0.2, -0.15) is 0 Å². The highest BCUT2D eigenvalue weighted by Crippen LogP contribution is 2.39. The fraction of sp³-hybridized carbons (Fsp3) is 0.409. The van der Waals surface area contributed by atoms with Gasteiger partial charge in [0, 0.05) is 24.1 Å². The molecule has 5 rings (SSSR count). The lowest BCUT2D eigenvalue weighted by Gasteiger charge is -2.21. The summed E-state index contributed by atoms with van der Waals surface area (Å²) in [6, 6.07) is 4.32. The number of methoxy groups -OCH3 is 1. The Kier molecular flexibility index (Phi) is 4.45. The van der Waals surface area contributed by atoms with E-state index < -0.39 is 0 Å². The van der Waals surface area contributed by atoms with Gasteiger partial charge < -0.3 is 15.0 Å². The third kappa shape index (κ3) is 3.45. The lowest BCUT2D eigenvalue weighted by Crippen LogP contribution is -2.22. The van der Waals surface area contributed by atoms with Crippen molar-refractivity contribution in [3.8, 4) is 5.75 Å². The lowest BCUT2D eigenvalue weighted by atomic mass is 9.82. The summed E-state index contributed by atoms with van der Waals surface area (Å²) in [6.45, 7) is 0. The summed E-state index contributed by atoms with van der Waals surface area (Å²) in [5.74, 6) is 1.80. The average molecular weight is 394 g/mol. The van der Waals surface area contributed by atoms with Crippen LogP contribution in [0.1, 0.15) is 36.9 Å². The van der Waals surface area contributed by atoms with Gasteiger partial charge >= 0.3 is 0 Å². The monoisotopic (exact) mass is 394 g/mol. The molecule has 2 aliphatic carbocycles. The molecule has 6 nitrogen and oxygen atoms in total. The highest BCUT2D eigenvalue weighted by molar-refractivity contribution is 5.94. The maximum absolute atomic E-state index is 13.8. The van der Waals surface area contributed by atoms with Gasteiger partial charge in [0.25, 0.3) is 0 Å². The molecule has 0 aliphatic heterocycles. The number of Topliss-reactive ketones (excluding diaryl/α,β-unsaturated/α-hetero) is 1. The second kappa shape index (κ2) is 7.13. The SMILES string of the molecule is COc1ccc(F)cc1Nc1ncnc2[nH]c3c(c12)CC(C(=O)CC1CC1)CC3. The number of ketones is 1. The van der Waals surface area contributed by atoms with E-state index in [1.165, 1.54) is 31.3 Å². The summed E-state index contributed by atoms with van der Waals surface area (Å²) < 4.78 is 19.1. The molecule has 3 aromatic rings. The number of H-pyrrole nitrogens is 1. The van der Waals surface area contributed by atoms with Crippen LogP contribution in [0, 0.1) is 17.7 Å². The van der Waals surface area contributed by atoms with Gasteiger partial charge in [0.05, 0.1) is 18.2 Å². The summed E-state index contributed by atoms with van der Waals surface area (Å²) in [5.41, 5.74) is 3.45. The Morgan fingerprint density at radius 2 is 2.17 bits per heavy atom. The molecule has 0 radical (unpaired) electrons. The minimum Gasteiger partial charge on any atom is -0.495 e. The van der Waals surface area contributed by atoms with E-state index in [-0.39, 0.29) is 11.7 Å². The molecular weight excluding hydrogens is 371 g/mol. The Morgan fingerprint density at radius 3 is 2.97 bits per heavy atom. The van der Waals surface area contributed by atoms with E-state index in [9.17, 15) is 9.18 Å². The number of hydrogen-bond acceptors (Lipinski definition) is 5. The maximum Gasteiger partial charge on any atom is 0.143 e. The first-order valence-corrected chi connectivity index (χ1v) is 10.1. The number of aromatic amines is 1. The van der Waals surface area contributed by atoms with Crippen LogP contribution in [-0.2, 0) is 17.6 Å². The molecule has 2 aliphatic rings. The van der Waals surface area contributed by atoms with E-state index in [1.54, 1.807) is 13.2 Å². The minimum absolute atomic E-state index is 0.0545. The third-order valence-corrected chi connectivity index (χ3v) is 6.03. The highest BCUT2D eigenvalue weighted by atomic mass is 19.1. The largest absolute Gasteiger partial charge is 0.495 e. The predicted molar refractivity (Wildman–Crippen MR) is 108 cm³/mol. The van der Waals surface area contributed by atoms with Gasteiger partial charge in [-0.15, -0.1) is 0 Å². The van der Waals surface area contributed by atoms with Crippen LogP contribution in [0.25, 0.3) is 11.0 Å². The van der Waals surface area contributed by atoms with Crippen molar-refractivity contribution in [1.82, 2.24) is 15.0 Å². The zero-order chi connectivity index (χ0) is 20.0. The van der Waals surface area contributed by atoms with Crippen LogP contribution in [0.15, 0.2) is 24.5 Å². The van der Waals surface area contributed by atoms with Crippen LogP contribution in [0.2, 0.25) is 0 Å². The quantitative estimate of drug-likeness (QED) is 0.651. The topological polar surface area (TPSA) is 79.9 Å². The normalized spacial score (nSPS) is 18.5. The van der Waals surface area contributed by atoms with Crippen molar-refractivity contribution in [1.29, 1.82) is 0 Å². The zero-order valence-electron chi connectivity index (χ0n) is 16.3. The smallest absolute Gasteiger partial charge is 0.143 e. The molecule has 1 atom stereocenters. The van der Waals surface area contributed by atoms with Crippen molar-refractivity contribution in [3.63, 3.8) is 0 Å². The van der Waals surface area contributed by atoms with Crippen molar-refractivity contribution in [2.24, 2.45) is 11.8 Å². The number of benzene rings is 1. The Morgan fingerprint density at radius 1 is 1.31 bits per heavy atom. The van der Waals surface area contributed by atoms with E-state index >= 15 is 0 Å². The molecule has 2 heterocycles. The number of nitrogens with zero attached hydrogens (tertiary/aromatic N) is 2. The number of anilines is 2. The van der Waals surface area contributed by atoms with Crippen molar-refractivity contribution in [2.75, 3.05) is 12.4 Å². The first kappa shape index (κ1) is 18.1. The molecular formula is C22H23FN4O2. The summed E-state index contributed by atoms with van der Waals surface area (Å²) >= 11 is 0. The van der Waals surface area contributed by atoms with Gasteiger partial charge in [-0.3, -0.25) is 4.79 Å². The summed E-state index contributed by atoms with van der Waals surface area (Å²) in [5, 5.41) is 4.08. The van der Waals surface area contributed by atoms with Crippen LogP contribution in [0.5, 0.6) is 5.75 Å². The fourth-order valence-corrected chi connectivity index (χ4v) is 4.29. The average Bonchev–Trinajstić information content (AvgIpc) is 3.45. The Labute approximate surface area is 167 Å². The molecule has 1 unspecified atom stereocenters. The first-order chi connectivity index (χ1) is 14.1. The standard InChI is InChI=1S/C22H23FN4O2/c1-29-19-7-5-14(23)10-17(19)27-22-20-15-9-13(18(28)8-12-2-3-12)4-6-16(15)26-21(20)24-11-25-22/h5,7,10-13H,2-4,6,8-9H2,1H3,(H2,24,25,26,27). The van der Waals surface area contributed by atoms with E-state index in [0.717, 1.165) is 35.1 Å². The number of carbonyl (C=O) groups is 1. The van der Waals surface area contributed by atoms with Gasteiger partial charge in [0.15, 0.2) is 0 Å². The minimum atomic E-state index is -0.361. The molecule has 0 amide bonds. The number of nitrogens with one attached hydrogen (secondary N) is 2. The number of halogens is 1. The first-order valence-electron chi connectivity index (χ1n) is 10.1. The molecule has 1 fully saturated rings. The third-order valence-electron chi connectivity index (χ3n) is 6.03. The molecule has 1 aromatic carbocycles. The molecule has 2 aromatic heterocycles. The van der Waals surface area contributed by atoms with E-state index in [0.29, 0.717) is 41.8 Å². The van der Waals surface area contributed by atoms with E-state index in [2.05, 4.69) is 20.3 Å². The molecule has 7 heteroatoms. The number of hydrogen-bond donors (Lipinski definition) is 2. The van der Waals surface area contributed by atoms with Gasteiger partial charge in [-0.25, -0.2) is 14.4 Å². The highest BCUT2D eigenvalue weighted by Gasteiger charge is 2.32. The molecule has 150 valence electrons.